The van der Waals surface area contributed by atoms with E-state index < -0.39 is 11.8 Å². The van der Waals surface area contributed by atoms with Crippen LogP contribution < -0.4 is 21.0 Å². The normalized spacial score (nSPS) is 12.8. The van der Waals surface area contributed by atoms with Crippen LogP contribution in [0, 0.1) is 6.92 Å². The average Bonchev–Trinajstić information content (AvgIpc) is 3.41. The number of hydrazone groups is 1. The van der Waals surface area contributed by atoms with Crippen molar-refractivity contribution in [1.82, 2.24) is 10.6 Å². The van der Waals surface area contributed by atoms with Crippen molar-refractivity contribution in [2.24, 2.45) is 5.10 Å². The van der Waals surface area contributed by atoms with Crippen LogP contribution in [0.3, 0.4) is 0 Å². The Hall–Kier alpha value is -5.48. The molecule has 0 saturated carbocycles. The number of rotatable bonds is 9. The van der Waals surface area contributed by atoms with Crippen LogP contribution in [0.1, 0.15) is 27.9 Å². The Labute approximate surface area is 259 Å². The second kappa shape index (κ2) is 14.1. The predicted molar refractivity (Wildman–Crippen MR) is 173 cm³/mol. The molecule has 0 unspecified atom stereocenters. The first kappa shape index (κ1) is 30.0. The summed E-state index contributed by atoms with van der Waals surface area (Å²) >= 11 is 1.27. The van der Waals surface area contributed by atoms with Gasteiger partial charge in [0.1, 0.15) is 11.5 Å². The smallest absolute Gasteiger partial charge is 0.272 e. The van der Waals surface area contributed by atoms with Gasteiger partial charge < -0.3 is 16.0 Å². The lowest BCUT2D eigenvalue weighted by atomic mass is 10.1. The van der Waals surface area contributed by atoms with E-state index in [2.05, 4.69) is 21.1 Å². The lowest BCUT2D eigenvalue weighted by molar-refractivity contribution is -0.117. The topological polar surface area (TPSA) is 120 Å². The molecule has 44 heavy (non-hydrogen) atoms. The van der Waals surface area contributed by atoms with Crippen LogP contribution in [0.5, 0.6) is 0 Å². The summed E-state index contributed by atoms with van der Waals surface area (Å²) < 4.78 is 0. The summed E-state index contributed by atoms with van der Waals surface area (Å²) in [5, 5.41) is 13.8. The molecule has 5 rings (SSSR count). The van der Waals surface area contributed by atoms with Gasteiger partial charge in [0.25, 0.3) is 17.7 Å². The van der Waals surface area contributed by atoms with Crippen LogP contribution in [-0.4, -0.2) is 35.2 Å². The molecule has 4 aromatic rings. The third kappa shape index (κ3) is 8.08. The fourth-order valence-electron chi connectivity index (χ4n) is 4.25. The zero-order valence-electron chi connectivity index (χ0n) is 23.8. The zero-order valence-corrected chi connectivity index (χ0v) is 24.6. The molecular formula is C34H29N5O4S. The van der Waals surface area contributed by atoms with Crippen LogP contribution in [-0.2, 0) is 14.4 Å². The maximum atomic E-state index is 13.4. The van der Waals surface area contributed by atoms with E-state index in [4.69, 9.17) is 0 Å². The zero-order chi connectivity index (χ0) is 30.9. The Balaban J connectivity index is 1.22. The van der Waals surface area contributed by atoms with Crippen LogP contribution in [0.25, 0.3) is 6.08 Å². The Morgan fingerprint density at radius 1 is 0.864 bits per heavy atom. The van der Waals surface area contributed by atoms with Gasteiger partial charge in [-0.15, -0.1) is 11.8 Å². The first-order valence-corrected chi connectivity index (χ1v) is 14.8. The molecule has 0 saturated heterocycles. The summed E-state index contributed by atoms with van der Waals surface area (Å²) in [6, 6.07) is 32.3. The number of benzene rings is 4. The molecule has 3 N–H and O–H groups in total. The molecule has 4 amide bonds. The van der Waals surface area contributed by atoms with Crippen LogP contribution >= 0.6 is 11.8 Å². The van der Waals surface area contributed by atoms with Crippen molar-refractivity contribution >= 4 is 58.7 Å². The molecule has 0 spiro atoms. The highest BCUT2D eigenvalue weighted by atomic mass is 32.2. The van der Waals surface area contributed by atoms with E-state index in [9.17, 15) is 19.2 Å². The van der Waals surface area contributed by atoms with Crippen LogP contribution in [0.4, 0.5) is 11.4 Å². The monoisotopic (exact) mass is 603 g/mol. The van der Waals surface area contributed by atoms with Gasteiger partial charge in [0.15, 0.2) is 0 Å². The molecule has 1 heterocycles. The summed E-state index contributed by atoms with van der Waals surface area (Å²) in [5.74, 6) is -1.08. The number of anilines is 2. The summed E-state index contributed by atoms with van der Waals surface area (Å²) in [6.45, 7) is 1.97. The van der Waals surface area contributed by atoms with Gasteiger partial charge in [-0.25, -0.2) is 0 Å². The fraction of sp³-hybridized carbons (Fsp3) is 0.0882. The number of aryl methyl sites for hydroxylation is 1. The summed E-state index contributed by atoms with van der Waals surface area (Å²) in [6.07, 6.45) is 1.63. The maximum Gasteiger partial charge on any atom is 0.272 e. The van der Waals surface area contributed by atoms with Crippen LogP contribution in [0.2, 0.25) is 0 Å². The lowest BCUT2D eigenvalue weighted by Crippen LogP contribution is -2.31. The number of carbonyl (C=O) groups excluding carboxylic acids is 4. The van der Waals surface area contributed by atoms with Crippen molar-refractivity contribution < 1.29 is 19.2 Å². The molecule has 0 aromatic heterocycles. The third-order valence-electron chi connectivity index (χ3n) is 6.44. The quantitative estimate of drug-likeness (QED) is 0.176. The first-order chi connectivity index (χ1) is 21.3. The minimum Gasteiger partial charge on any atom is -0.321 e. The van der Waals surface area contributed by atoms with E-state index >= 15 is 0 Å². The number of amidine groups is 1. The highest BCUT2D eigenvalue weighted by molar-refractivity contribution is 8.00. The van der Waals surface area contributed by atoms with E-state index in [0.29, 0.717) is 16.9 Å². The van der Waals surface area contributed by atoms with E-state index in [-0.39, 0.29) is 35.5 Å². The maximum absolute atomic E-state index is 13.4. The van der Waals surface area contributed by atoms with E-state index in [1.165, 1.54) is 16.8 Å². The predicted octanol–water partition coefficient (Wildman–Crippen LogP) is 5.36. The molecule has 0 atom stereocenters. The number of thioether (sulfide) groups is 1. The van der Waals surface area contributed by atoms with Gasteiger partial charge in [-0.3, -0.25) is 19.2 Å². The van der Waals surface area contributed by atoms with Gasteiger partial charge in [0.2, 0.25) is 5.91 Å². The molecule has 0 fully saturated rings. The Bertz CT molecular complexity index is 1740. The molecule has 220 valence electrons. The van der Waals surface area contributed by atoms with E-state index in [1.54, 1.807) is 60.7 Å². The van der Waals surface area contributed by atoms with Gasteiger partial charge >= 0.3 is 0 Å². The van der Waals surface area contributed by atoms with Crippen LogP contribution in [0.15, 0.2) is 125 Å². The van der Waals surface area contributed by atoms with Gasteiger partial charge in [0.05, 0.1) is 17.9 Å². The fourth-order valence-corrected chi connectivity index (χ4v) is 5.00. The molecule has 4 aromatic carbocycles. The Morgan fingerprint density at radius 3 is 2.30 bits per heavy atom. The van der Waals surface area contributed by atoms with Crippen molar-refractivity contribution in [3.8, 4) is 0 Å². The van der Waals surface area contributed by atoms with E-state index in [0.717, 1.165) is 16.0 Å². The standard InChI is InChI=1S/C34H29N5O4S/c1-23-15-17-24(18-16-23)19-29(36-33(42)25-9-4-2-5-10-25)34(43)35-26-11-8-14-28(20-26)44-22-31(40)37-30-21-32(41)39(38-30)27-12-6-3-7-13-27/h2-20H,21-22H2,1H3,(H,35,43)(H,36,42)(H,37,38,40)/b29-19-. The van der Waals surface area contributed by atoms with Gasteiger partial charge in [-0.1, -0.05) is 72.3 Å². The number of nitrogens with zero attached hydrogens (tertiary/aromatic N) is 2. The van der Waals surface area contributed by atoms with Crippen molar-refractivity contribution in [2.45, 2.75) is 18.2 Å². The molecule has 0 bridgehead atoms. The molecule has 0 radical (unpaired) electrons. The summed E-state index contributed by atoms with van der Waals surface area (Å²) in [7, 11) is 0. The van der Waals surface area contributed by atoms with Crippen molar-refractivity contribution in [3.63, 3.8) is 0 Å². The first-order valence-electron chi connectivity index (χ1n) is 13.8. The summed E-state index contributed by atoms with van der Waals surface area (Å²) in [5.41, 5.74) is 3.46. The second-order valence-electron chi connectivity index (χ2n) is 9.87. The highest BCUT2D eigenvalue weighted by Gasteiger charge is 2.26. The van der Waals surface area contributed by atoms with Gasteiger partial charge in [-0.05, 0) is 61.0 Å². The molecule has 0 aliphatic carbocycles. The number of para-hydroxylation sites is 1. The SMILES string of the molecule is Cc1ccc(/C=C(\NC(=O)c2ccccc2)C(=O)Nc2cccc(SCC(=O)NC3=NN(c4ccccc4)C(=O)C3)c2)cc1. The number of carbonyl (C=O) groups is 4. The number of amides is 4. The number of hydrogen-bond acceptors (Lipinski definition) is 6. The minimum atomic E-state index is -0.498. The van der Waals surface area contributed by atoms with Gasteiger partial charge in [-0.2, -0.15) is 10.1 Å². The third-order valence-corrected chi connectivity index (χ3v) is 7.43. The van der Waals surface area contributed by atoms with Crippen molar-refractivity contribution in [1.29, 1.82) is 0 Å². The Morgan fingerprint density at radius 2 is 1.57 bits per heavy atom. The molecular weight excluding hydrogens is 574 g/mol. The number of nitrogens with one attached hydrogen (secondary N) is 3. The van der Waals surface area contributed by atoms with E-state index in [1.807, 2.05) is 61.5 Å². The van der Waals surface area contributed by atoms with Crippen molar-refractivity contribution in [3.05, 3.63) is 132 Å². The average molecular weight is 604 g/mol. The lowest BCUT2D eigenvalue weighted by Gasteiger charge is -2.12. The highest BCUT2D eigenvalue weighted by Crippen LogP contribution is 2.23. The Kier molecular flexibility index (Phi) is 9.63. The molecule has 10 heteroatoms. The summed E-state index contributed by atoms with van der Waals surface area (Å²) in [4.78, 5) is 52.0. The molecule has 9 nitrogen and oxygen atoms in total. The van der Waals surface area contributed by atoms with Gasteiger partial charge in [0, 0.05) is 16.1 Å². The minimum absolute atomic E-state index is 0.00602. The molecule has 1 aliphatic heterocycles. The second-order valence-corrected chi connectivity index (χ2v) is 10.9. The van der Waals surface area contributed by atoms with Crippen molar-refractivity contribution in [2.75, 3.05) is 16.1 Å². The largest absolute Gasteiger partial charge is 0.321 e. The number of hydrogen-bond donors (Lipinski definition) is 3. The molecule has 1 aliphatic rings.